The van der Waals surface area contributed by atoms with Gasteiger partial charge in [-0.2, -0.15) is 0 Å². The van der Waals surface area contributed by atoms with Crippen LogP contribution in [0.15, 0.2) is 18.2 Å². The summed E-state index contributed by atoms with van der Waals surface area (Å²) in [6.07, 6.45) is 1.92. The molecule has 1 fully saturated rings. The molecular weight excluding hydrogens is 290 g/mol. The van der Waals surface area contributed by atoms with Crippen LogP contribution in [0.4, 0.5) is 0 Å². The number of fused-ring (bicyclic) bond motifs is 1. The maximum atomic E-state index is 10.7. The predicted octanol–water partition coefficient (Wildman–Crippen LogP) is 3.08. The maximum Gasteiger partial charge on any atom is 0.161 e. The van der Waals surface area contributed by atoms with Crippen molar-refractivity contribution in [1.29, 1.82) is 0 Å². The van der Waals surface area contributed by atoms with Gasteiger partial charge in [-0.05, 0) is 43.4 Å². The highest BCUT2D eigenvalue weighted by atomic mass is 16.6. The maximum absolute atomic E-state index is 10.7. The molecule has 0 saturated carbocycles. The lowest BCUT2D eigenvalue weighted by atomic mass is 9.78. The van der Waals surface area contributed by atoms with Crippen LogP contribution in [0.5, 0.6) is 11.5 Å². The van der Waals surface area contributed by atoms with Gasteiger partial charge in [0, 0.05) is 25.6 Å². The summed E-state index contributed by atoms with van der Waals surface area (Å²) < 4.78 is 11.3. The molecule has 128 valence electrons. The second-order valence-electron chi connectivity index (χ2n) is 7.65. The third kappa shape index (κ3) is 3.99. The van der Waals surface area contributed by atoms with Crippen molar-refractivity contribution in [3.05, 3.63) is 23.8 Å². The molecule has 0 aliphatic carbocycles. The third-order valence-corrected chi connectivity index (χ3v) is 5.06. The Balaban J connectivity index is 1.66. The van der Waals surface area contributed by atoms with Gasteiger partial charge in [-0.1, -0.05) is 19.9 Å². The summed E-state index contributed by atoms with van der Waals surface area (Å²) in [4.78, 5) is 2.45. The molecule has 23 heavy (non-hydrogen) atoms. The number of hydrogen-bond donors (Lipinski definition) is 1. The molecule has 1 aromatic carbocycles. The zero-order valence-electron chi connectivity index (χ0n) is 14.5. The van der Waals surface area contributed by atoms with Crippen molar-refractivity contribution in [2.75, 3.05) is 26.3 Å². The lowest BCUT2D eigenvalue weighted by molar-refractivity contribution is -0.0664. The fourth-order valence-electron chi connectivity index (χ4n) is 3.67. The van der Waals surface area contributed by atoms with Gasteiger partial charge in [0.1, 0.15) is 13.2 Å². The highest BCUT2D eigenvalue weighted by Crippen LogP contribution is 2.34. The van der Waals surface area contributed by atoms with Gasteiger partial charge in [0.05, 0.1) is 5.60 Å². The SMILES string of the molecule is CC(C)C[C@H]1CN(Cc2ccc3c(c2)OCCO3)CC[C@@]1(C)O. The van der Waals surface area contributed by atoms with E-state index in [4.69, 9.17) is 9.47 Å². The first-order chi connectivity index (χ1) is 10.9. The van der Waals surface area contributed by atoms with Crippen molar-refractivity contribution in [1.82, 2.24) is 4.90 Å². The summed E-state index contributed by atoms with van der Waals surface area (Å²) in [5.74, 6) is 2.66. The average Bonchev–Trinajstić information content (AvgIpc) is 2.50. The fourth-order valence-corrected chi connectivity index (χ4v) is 3.67. The standard InChI is InChI=1S/C19H29NO3/c1-14(2)10-16-13-20(7-6-19(16,3)21)12-15-4-5-17-18(11-15)23-9-8-22-17/h4-5,11,14,16,21H,6-10,12-13H2,1-3H3/t16-,19+/m0/s1. The Morgan fingerprint density at radius 3 is 2.74 bits per heavy atom. The highest BCUT2D eigenvalue weighted by molar-refractivity contribution is 5.43. The Morgan fingerprint density at radius 2 is 2.00 bits per heavy atom. The fraction of sp³-hybridized carbons (Fsp3) is 0.684. The third-order valence-electron chi connectivity index (χ3n) is 5.06. The van der Waals surface area contributed by atoms with E-state index in [1.54, 1.807) is 0 Å². The number of nitrogens with zero attached hydrogens (tertiary/aromatic N) is 1. The van der Waals surface area contributed by atoms with Crippen molar-refractivity contribution in [2.24, 2.45) is 11.8 Å². The van der Waals surface area contributed by atoms with Gasteiger partial charge in [0.2, 0.25) is 0 Å². The normalized spacial score (nSPS) is 28.1. The Morgan fingerprint density at radius 1 is 1.26 bits per heavy atom. The van der Waals surface area contributed by atoms with E-state index in [0.29, 0.717) is 25.0 Å². The predicted molar refractivity (Wildman–Crippen MR) is 90.9 cm³/mol. The summed E-state index contributed by atoms with van der Waals surface area (Å²) in [5, 5.41) is 10.7. The Bertz CT molecular complexity index is 541. The Kier molecular flexibility index (Phi) is 4.83. The quantitative estimate of drug-likeness (QED) is 0.926. The van der Waals surface area contributed by atoms with Gasteiger partial charge in [0.25, 0.3) is 0 Å². The van der Waals surface area contributed by atoms with Gasteiger partial charge in [0.15, 0.2) is 11.5 Å². The van der Waals surface area contributed by atoms with E-state index < -0.39 is 5.60 Å². The molecule has 3 rings (SSSR count). The molecule has 0 radical (unpaired) electrons. The Hall–Kier alpha value is -1.26. The molecule has 0 amide bonds. The molecule has 4 heteroatoms. The van der Waals surface area contributed by atoms with Gasteiger partial charge < -0.3 is 14.6 Å². The molecule has 1 aromatic rings. The molecule has 2 atom stereocenters. The molecular formula is C19H29NO3. The van der Waals surface area contributed by atoms with Crippen molar-refractivity contribution in [2.45, 2.75) is 45.8 Å². The number of hydrogen-bond acceptors (Lipinski definition) is 4. The number of benzene rings is 1. The van der Waals surface area contributed by atoms with Crippen LogP contribution >= 0.6 is 0 Å². The van der Waals surface area contributed by atoms with Crippen molar-refractivity contribution in [3.8, 4) is 11.5 Å². The molecule has 0 unspecified atom stereocenters. The van der Waals surface area contributed by atoms with Crippen LogP contribution in [0, 0.1) is 11.8 Å². The van der Waals surface area contributed by atoms with Gasteiger partial charge >= 0.3 is 0 Å². The molecule has 2 aliphatic rings. The minimum Gasteiger partial charge on any atom is -0.486 e. The van der Waals surface area contributed by atoms with Crippen molar-refractivity contribution < 1.29 is 14.6 Å². The van der Waals surface area contributed by atoms with Gasteiger partial charge in [-0.25, -0.2) is 0 Å². The van der Waals surface area contributed by atoms with Crippen LogP contribution in [-0.4, -0.2) is 41.9 Å². The smallest absolute Gasteiger partial charge is 0.161 e. The highest BCUT2D eigenvalue weighted by Gasteiger charge is 2.37. The molecule has 0 bridgehead atoms. The van der Waals surface area contributed by atoms with E-state index in [0.717, 1.165) is 44.0 Å². The second kappa shape index (κ2) is 6.70. The first-order valence-corrected chi connectivity index (χ1v) is 8.77. The van der Waals surface area contributed by atoms with E-state index in [-0.39, 0.29) is 0 Å². The molecule has 2 heterocycles. The topological polar surface area (TPSA) is 41.9 Å². The van der Waals surface area contributed by atoms with Crippen LogP contribution in [0.2, 0.25) is 0 Å². The first-order valence-electron chi connectivity index (χ1n) is 8.77. The summed E-state index contributed by atoms with van der Waals surface area (Å²) in [6.45, 7) is 10.5. The van der Waals surface area contributed by atoms with E-state index in [1.807, 2.05) is 13.0 Å². The average molecular weight is 319 g/mol. The summed E-state index contributed by atoms with van der Waals surface area (Å²) >= 11 is 0. The summed E-state index contributed by atoms with van der Waals surface area (Å²) in [7, 11) is 0. The lowest BCUT2D eigenvalue weighted by Gasteiger charge is -2.43. The number of piperidine rings is 1. The van der Waals surface area contributed by atoms with Gasteiger partial charge in [-0.3, -0.25) is 4.90 Å². The summed E-state index contributed by atoms with van der Waals surface area (Å²) in [5.41, 5.74) is 0.715. The lowest BCUT2D eigenvalue weighted by Crippen LogP contribution is -2.50. The number of rotatable bonds is 4. The van der Waals surface area contributed by atoms with Gasteiger partial charge in [-0.15, -0.1) is 0 Å². The number of ether oxygens (including phenoxy) is 2. The summed E-state index contributed by atoms with van der Waals surface area (Å²) in [6, 6.07) is 6.23. The molecule has 0 spiro atoms. The minimum absolute atomic E-state index is 0.341. The molecule has 1 N–H and O–H groups in total. The Labute approximate surface area is 139 Å². The minimum atomic E-state index is -0.534. The second-order valence-corrected chi connectivity index (χ2v) is 7.65. The zero-order valence-corrected chi connectivity index (χ0v) is 14.5. The zero-order chi connectivity index (χ0) is 16.4. The van der Waals surface area contributed by atoms with E-state index in [9.17, 15) is 5.11 Å². The van der Waals surface area contributed by atoms with Crippen molar-refractivity contribution in [3.63, 3.8) is 0 Å². The van der Waals surface area contributed by atoms with E-state index in [1.165, 1.54) is 5.56 Å². The number of aliphatic hydroxyl groups is 1. The van der Waals surface area contributed by atoms with Crippen LogP contribution in [0.3, 0.4) is 0 Å². The van der Waals surface area contributed by atoms with Crippen molar-refractivity contribution >= 4 is 0 Å². The molecule has 0 aromatic heterocycles. The first kappa shape index (κ1) is 16.6. The van der Waals surface area contributed by atoms with E-state index >= 15 is 0 Å². The van der Waals surface area contributed by atoms with Crippen LogP contribution in [0.25, 0.3) is 0 Å². The number of likely N-dealkylation sites (tertiary alicyclic amines) is 1. The largest absolute Gasteiger partial charge is 0.486 e. The molecule has 2 aliphatic heterocycles. The van der Waals surface area contributed by atoms with E-state index in [2.05, 4.69) is 30.9 Å². The molecule has 4 nitrogen and oxygen atoms in total. The monoisotopic (exact) mass is 319 g/mol. The molecule has 1 saturated heterocycles. The van der Waals surface area contributed by atoms with Crippen LogP contribution in [0.1, 0.15) is 39.2 Å². The van der Waals surface area contributed by atoms with Crippen LogP contribution < -0.4 is 9.47 Å². The van der Waals surface area contributed by atoms with Crippen LogP contribution in [-0.2, 0) is 6.54 Å².